The number of nitrogens with one attached hydrogen (secondary N) is 2. The van der Waals surface area contributed by atoms with Gasteiger partial charge in [0, 0.05) is 34.6 Å². The average molecular weight is 602 g/mol. The first-order valence-electron chi connectivity index (χ1n) is 14.7. The Bertz CT molecular complexity index is 1800. The number of aromatic nitrogens is 2. The zero-order chi connectivity index (χ0) is 30.8. The number of hydrogen-bond acceptors (Lipinski definition) is 4. The minimum absolute atomic E-state index is 0.0737. The summed E-state index contributed by atoms with van der Waals surface area (Å²) in [6.45, 7) is 8.57. The van der Waals surface area contributed by atoms with E-state index < -0.39 is 0 Å². The first kappa shape index (κ1) is 29.1. The van der Waals surface area contributed by atoms with E-state index in [1.807, 2.05) is 79.0 Å². The quantitative estimate of drug-likeness (QED) is 0.182. The molecular formula is C36H35N5O2S. The highest BCUT2D eigenvalue weighted by Gasteiger charge is 2.42. The van der Waals surface area contributed by atoms with Crippen LogP contribution < -0.4 is 20.3 Å². The predicted octanol–water partition coefficient (Wildman–Crippen LogP) is 7.30. The smallest absolute Gasteiger partial charge is 0.262 e. The van der Waals surface area contributed by atoms with Crippen LogP contribution in [0.4, 0.5) is 11.4 Å². The third-order valence-electron chi connectivity index (χ3n) is 8.25. The van der Waals surface area contributed by atoms with Gasteiger partial charge in [0.15, 0.2) is 11.7 Å². The maximum absolute atomic E-state index is 12.6. The molecule has 0 aliphatic carbocycles. The summed E-state index contributed by atoms with van der Waals surface area (Å²) in [5, 5.41) is 7.10. The molecule has 0 radical (unpaired) electrons. The number of aryl methyl sites for hydroxylation is 2. The van der Waals surface area contributed by atoms with E-state index in [4.69, 9.17) is 21.9 Å². The fourth-order valence-electron chi connectivity index (χ4n) is 5.95. The number of para-hydroxylation sites is 1. The maximum Gasteiger partial charge on any atom is 0.262 e. The lowest BCUT2D eigenvalue weighted by atomic mass is 9.96. The number of hydrogen-bond donors (Lipinski definition) is 2. The van der Waals surface area contributed by atoms with E-state index in [9.17, 15) is 4.79 Å². The van der Waals surface area contributed by atoms with E-state index in [1.54, 1.807) is 0 Å². The van der Waals surface area contributed by atoms with Crippen LogP contribution in [-0.2, 0) is 4.79 Å². The zero-order valence-corrected chi connectivity index (χ0v) is 26.1. The van der Waals surface area contributed by atoms with Crippen molar-refractivity contribution in [3.05, 3.63) is 137 Å². The molecule has 1 amide bonds. The molecule has 6 rings (SSSR count). The largest absolute Gasteiger partial charge is 0.484 e. The zero-order valence-electron chi connectivity index (χ0n) is 25.2. The minimum atomic E-state index is -0.230. The van der Waals surface area contributed by atoms with Crippen molar-refractivity contribution in [3.63, 3.8) is 0 Å². The van der Waals surface area contributed by atoms with Gasteiger partial charge in [0.1, 0.15) is 5.75 Å². The van der Waals surface area contributed by atoms with Crippen LogP contribution in [0.3, 0.4) is 0 Å². The van der Waals surface area contributed by atoms with Crippen LogP contribution in [0.25, 0.3) is 5.69 Å². The maximum atomic E-state index is 12.6. The number of ether oxygens (including phenoxy) is 1. The molecule has 7 nitrogen and oxygen atoms in total. The van der Waals surface area contributed by atoms with Gasteiger partial charge < -0.3 is 24.8 Å². The number of amides is 1. The van der Waals surface area contributed by atoms with Crippen molar-refractivity contribution in [3.8, 4) is 11.4 Å². The van der Waals surface area contributed by atoms with Crippen LogP contribution in [0, 0.1) is 27.7 Å². The van der Waals surface area contributed by atoms with E-state index in [1.165, 1.54) is 22.4 Å². The highest BCUT2D eigenvalue weighted by atomic mass is 32.1. The molecule has 222 valence electrons. The van der Waals surface area contributed by atoms with Crippen molar-refractivity contribution in [2.75, 3.05) is 16.8 Å². The molecule has 3 aromatic carbocycles. The summed E-state index contributed by atoms with van der Waals surface area (Å²) in [5.74, 6) is 0.422. The highest BCUT2D eigenvalue weighted by Crippen LogP contribution is 2.44. The molecule has 2 aromatic heterocycles. The molecule has 2 atom stereocenters. The lowest BCUT2D eigenvalue weighted by molar-refractivity contribution is -0.118. The van der Waals surface area contributed by atoms with Crippen LogP contribution in [0.2, 0.25) is 0 Å². The SMILES string of the molecule is Cc1cccc(-n2c(C)cc([C@H]3[C@@H](c4ccccn4)NC(=S)N3c3ccc(NC(=O)COc4ccccc4)cc3)c2C)c1C. The van der Waals surface area contributed by atoms with Gasteiger partial charge in [-0.15, -0.1) is 0 Å². The van der Waals surface area contributed by atoms with Crippen LogP contribution >= 0.6 is 12.2 Å². The topological polar surface area (TPSA) is 71.4 Å². The molecule has 0 unspecified atom stereocenters. The molecule has 8 heteroatoms. The Morgan fingerprint density at radius 3 is 2.41 bits per heavy atom. The molecule has 2 N–H and O–H groups in total. The number of thiocarbonyl (C=S) groups is 1. The van der Waals surface area contributed by atoms with E-state index in [0.29, 0.717) is 16.5 Å². The third-order valence-corrected chi connectivity index (χ3v) is 8.56. The van der Waals surface area contributed by atoms with Crippen molar-refractivity contribution in [1.82, 2.24) is 14.9 Å². The summed E-state index contributed by atoms with van der Waals surface area (Å²) in [7, 11) is 0. The Labute approximate surface area is 263 Å². The van der Waals surface area contributed by atoms with E-state index >= 15 is 0 Å². The molecule has 1 aliphatic heterocycles. The van der Waals surface area contributed by atoms with Crippen molar-refractivity contribution in [2.24, 2.45) is 0 Å². The fraction of sp³-hybridized carbons (Fsp3) is 0.194. The van der Waals surface area contributed by atoms with Gasteiger partial charge >= 0.3 is 0 Å². The Morgan fingerprint density at radius 1 is 0.932 bits per heavy atom. The Hall–Kier alpha value is -4.95. The van der Waals surface area contributed by atoms with Gasteiger partial charge in [-0.1, -0.05) is 36.4 Å². The monoisotopic (exact) mass is 601 g/mol. The number of nitrogens with zero attached hydrogens (tertiary/aromatic N) is 3. The lowest BCUT2D eigenvalue weighted by Gasteiger charge is -2.28. The van der Waals surface area contributed by atoms with Gasteiger partial charge in [-0.05, 0) is 117 Å². The molecule has 1 fully saturated rings. The number of rotatable bonds is 8. The van der Waals surface area contributed by atoms with Crippen LogP contribution in [0.1, 0.15) is 45.9 Å². The summed E-state index contributed by atoms with van der Waals surface area (Å²) >= 11 is 5.97. The lowest BCUT2D eigenvalue weighted by Crippen LogP contribution is -2.29. The number of pyridine rings is 1. The van der Waals surface area contributed by atoms with Crippen molar-refractivity contribution < 1.29 is 9.53 Å². The Kier molecular flexibility index (Phi) is 8.17. The van der Waals surface area contributed by atoms with E-state index in [-0.39, 0.29) is 24.6 Å². The van der Waals surface area contributed by atoms with Gasteiger partial charge in [-0.2, -0.15) is 0 Å². The Balaban J connectivity index is 1.32. The molecule has 1 aliphatic rings. The van der Waals surface area contributed by atoms with E-state index in [0.717, 1.165) is 22.8 Å². The number of anilines is 2. The van der Waals surface area contributed by atoms with Crippen LogP contribution in [0.15, 0.2) is 103 Å². The van der Waals surface area contributed by atoms with Gasteiger partial charge in [-0.3, -0.25) is 9.78 Å². The van der Waals surface area contributed by atoms with E-state index in [2.05, 4.69) is 72.1 Å². The molecule has 0 bridgehead atoms. The van der Waals surface area contributed by atoms with Crippen molar-refractivity contribution in [2.45, 2.75) is 39.8 Å². The molecule has 1 saturated heterocycles. The van der Waals surface area contributed by atoms with Crippen LogP contribution in [0.5, 0.6) is 5.75 Å². The van der Waals surface area contributed by atoms with Gasteiger partial charge in [0.2, 0.25) is 0 Å². The standard InChI is InChI=1S/C36H35N5O2S/c1-23-11-10-15-32(25(23)3)40-24(2)21-30(26(40)4)35-34(31-14-8-9-20-37-31)39-36(44)41(35)28-18-16-27(17-19-28)38-33(42)22-43-29-12-6-5-7-13-29/h5-21,34-35H,22H2,1-4H3,(H,38,42)(H,39,44)/t34-,35+/m1/s1. The summed E-state index contributed by atoms with van der Waals surface area (Å²) < 4.78 is 7.93. The molecule has 44 heavy (non-hydrogen) atoms. The molecular weight excluding hydrogens is 566 g/mol. The van der Waals surface area contributed by atoms with Crippen molar-refractivity contribution in [1.29, 1.82) is 0 Å². The summed E-state index contributed by atoms with van der Waals surface area (Å²) in [5.41, 5.74) is 9.68. The van der Waals surface area contributed by atoms with Crippen LogP contribution in [-0.4, -0.2) is 27.2 Å². The average Bonchev–Trinajstić information content (AvgIpc) is 3.53. The summed E-state index contributed by atoms with van der Waals surface area (Å²) in [4.78, 5) is 19.4. The van der Waals surface area contributed by atoms with Gasteiger partial charge in [0.25, 0.3) is 5.91 Å². The molecule has 0 spiro atoms. The normalized spacial score (nSPS) is 16.1. The molecule has 0 saturated carbocycles. The predicted molar refractivity (Wildman–Crippen MR) is 180 cm³/mol. The molecule has 3 heterocycles. The van der Waals surface area contributed by atoms with Gasteiger partial charge in [-0.25, -0.2) is 0 Å². The van der Waals surface area contributed by atoms with Gasteiger partial charge in [0.05, 0.1) is 17.8 Å². The second-order valence-corrected chi connectivity index (χ2v) is 11.5. The number of carbonyl (C=O) groups excluding carboxylic acids is 1. The second-order valence-electron chi connectivity index (χ2n) is 11.1. The van der Waals surface area contributed by atoms with Crippen molar-refractivity contribution >= 4 is 34.6 Å². The first-order chi connectivity index (χ1) is 21.3. The third kappa shape index (κ3) is 5.68. The molecule has 5 aromatic rings. The summed E-state index contributed by atoms with van der Waals surface area (Å²) in [6.07, 6.45) is 1.82. The highest BCUT2D eigenvalue weighted by molar-refractivity contribution is 7.80. The minimum Gasteiger partial charge on any atom is -0.484 e. The first-order valence-corrected chi connectivity index (χ1v) is 15.1. The fourth-order valence-corrected chi connectivity index (χ4v) is 6.30. The second kappa shape index (κ2) is 12.3. The summed E-state index contributed by atoms with van der Waals surface area (Å²) in [6, 6.07) is 31.4. The Morgan fingerprint density at radius 2 is 1.68 bits per heavy atom. The number of carbonyl (C=O) groups is 1. The number of benzene rings is 3.